The SMILES string of the molecule is CN(CCOc1ccc(CN)cc1)CC(C)(C)O. The number of hydrogen-bond acceptors (Lipinski definition) is 4. The lowest BCUT2D eigenvalue weighted by Gasteiger charge is -2.25. The fourth-order valence-corrected chi connectivity index (χ4v) is 1.78. The average Bonchev–Trinajstić information content (AvgIpc) is 2.27. The summed E-state index contributed by atoms with van der Waals surface area (Å²) >= 11 is 0. The Kier molecular flexibility index (Phi) is 5.59. The smallest absolute Gasteiger partial charge is 0.119 e. The average molecular weight is 252 g/mol. The second kappa shape index (κ2) is 6.73. The molecular formula is C14H24N2O2. The van der Waals surface area contributed by atoms with Gasteiger partial charge in [0.15, 0.2) is 0 Å². The largest absolute Gasteiger partial charge is 0.492 e. The molecule has 0 aliphatic carbocycles. The molecule has 0 amide bonds. The van der Waals surface area contributed by atoms with Crippen molar-refractivity contribution in [3.63, 3.8) is 0 Å². The maximum Gasteiger partial charge on any atom is 0.119 e. The molecule has 4 heteroatoms. The molecule has 0 fully saturated rings. The molecule has 0 radical (unpaired) electrons. The van der Waals surface area contributed by atoms with E-state index >= 15 is 0 Å². The normalized spacial score (nSPS) is 11.9. The fraction of sp³-hybridized carbons (Fsp3) is 0.571. The summed E-state index contributed by atoms with van der Waals surface area (Å²) in [6.07, 6.45) is 0. The third-order valence-corrected chi connectivity index (χ3v) is 2.56. The molecule has 1 rings (SSSR count). The quantitative estimate of drug-likeness (QED) is 0.766. The first-order valence-electron chi connectivity index (χ1n) is 6.23. The van der Waals surface area contributed by atoms with Gasteiger partial charge in [-0.1, -0.05) is 12.1 Å². The molecule has 1 aromatic carbocycles. The third-order valence-electron chi connectivity index (χ3n) is 2.56. The van der Waals surface area contributed by atoms with Gasteiger partial charge in [-0.05, 0) is 38.6 Å². The van der Waals surface area contributed by atoms with Gasteiger partial charge in [0.05, 0.1) is 5.60 Å². The molecule has 0 bridgehead atoms. The van der Waals surface area contributed by atoms with Crippen molar-refractivity contribution in [2.75, 3.05) is 26.7 Å². The highest BCUT2D eigenvalue weighted by Gasteiger charge is 2.15. The molecule has 3 N–H and O–H groups in total. The number of ether oxygens (including phenoxy) is 1. The summed E-state index contributed by atoms with van der Waals surface area (Å²) in [6, 6.07) is 7.79. The summed E-state index contributed by atoms with van der Waals surface area (Å²) in [4.78, 5) is 2.05. The van der Waals surface area contributed by atoms with Crippen molar-refractivity contribution in [2.45, 2.75) is 26.0 Å². The number of nitrogens with zero attached hydrogens (tertiary/aromatic N) is 1. The predicted octanol–water partition coefficient (Wildman–Crippen LogP) is 1.23. The van der Waals surface area contributed by atoms with Crippen LogP contribution in [0.2, 0.25) is 0 Å². The molecule has 0 unspecified atom stereocenters. The van der Waals surface area contributed by atoms with Crippen molar-refractivity contribution in [2.24, 2.45) is 5.73 Å². The van der Waals surface area contributed by atoms with Crippen LogP contribution in [-0.2, 0) is 6.54 Å². The minimum Gasteiger partial charge on any atom is -0.492 e. The van der Waals surface area contributed by atoms with E-state index < -0.39 is 5.60 Å². The van der Waals surface area contributed by atoms with Gasteiger partial charge in [-0.3, -0.25) is 0 Å². The molecule has 1 aromatic rings. The number of likely N-dealkylation sites (N-methyl/N-ethyl adjacent to an activating group) is 1. The van der Waals surface area contributed by atoms with Gasteiger partial charge in [-0.2, -0.15) is 0 Å². The highest BCUT2D eigenvalue weighted by atomic mass is 16.5. The molecule has 0 atom stereocenters. The van der Waals surface area contributed by atoms with Crippen molar-refractivity contribution < 1.29 is 9.84 Å². The zero-order valence-corrected chi connectivity index (χ0v) is 11.5. The molecule has 0 aliphatic rings. The lowest BCUT2D eigenvalue weighted by Crippen LogP contribution is -2.38. The Morgan fingerprint density at radius 2 is 1.89 bits per heavy atom. The molecule has 0 aromatic heterocycles. The summed E-state index contributed by atoms with van der Waals surface area (Å²) in [5.41, 5.74) is 5.96. The van der Waals surface area contributed by atoms with Crippen molar-refractivity contribution in [1.29, 1.82) is 0 Å². The van der Waals surface area contributed by atoms with E-state index in [1.807, 2.05) is 36.2 Å². The topological polar surface area (TPSA) is 58.7 Å². The van der Waals surface area contributed by atoms with Crippen molar-refractivity contribution in [1.82, 2.24) is 4.90 Å². The fourth-order valence-electron chi connectivity index (χ4n) is 1.78. The van der Waals surface area contributed by atoms with Crippen LogP contribution in [0.1, 0.15) is 19.4 Å². The molecule has 0 aliphatic heterocycles. The van der Waals surface area contributed by atoms with Crippen LogP contribution < -0.4 is 10.5 Å². The van der Waals surface area contributed by atoms with E-state index in [-0.39, 0.29) is 0 Å². The predicted molar refractivity (Wildman–Crippen MR) is 73.6 cm³/mol. The Labute approximate surface area is 109 Å². The van der Waals surface area contributed by atoms with Crippen LogP contribution in [0.25, 0.3) is 0 Å². The van der Waals surface area contributed by atoms with E-state index in [0.717, 1.165) is 17.9 Å². The number of nitrogens with two attached hydrogens (primary N) is 1. The first-order chi connectivity index (χ1) is 8.40. The molecule has 0 saturated carbocycles. The molecular weight excluding hydrogens is 228 g/mol. The number of hydrogen-bond donors (Lipinski definition) is 2. The lowest BCUT2D eigenvalue weighted by atomic mass is 10.1. The highest BCUT2D eigenvalue weighted by Crippen LogP contribution is 2.11. The van der Waals surface area contributed by atoms with Gasteiger partial charge in [0.1, 0.15) is 12.4 Å². The van der Waals surface area contributed by atoms with Crippen LogP contribution in [0.15, 0.2) is 24.3 Å². The van der Waals surface area contributed by atoms with Crippen molar-refractivity contribution >= 4 is 0 Å². The molecule has 102 valence electrons. The number of aliphatic hydroxyl groups is 1. The minimum absolute atomic E-state index is 0.550. The van der Waals surface area contributed by atoms with E-state index in [1.165, 1.54) is 0 Å². The van der Waals surface area contributed by atoms with Crippen LogP contribution in [0.5, 0.6) is 5.75 Å². The van der Waals surface area contributed by atoms with Gasteiger partial charge in [-0.25, -0.2) is 0 Å². The van der Waals surface area contributed by atoms with E-state index in [4.69, 9.17) is 10.5 Å². The Hall–Kier alpha value is -1.10. The standard InChI is InChI=1S/C14H24N2O2/c1-14(2,17)11-16(3)8-9-18-13-6-4-12(10-15)5-7-13/h4-7,17H,8-11,15H2,1-3H3. The van der Waals surface area contributed by atoms with Crippen LogP contribution in [0.4, 0.5) is 0 Å². The zero-order valence-electron chi connectivity index (χ0n) is 11.5. The summed E-state index contributed by atoms with van der Waals surface area (Å²) in [5, 5.41) is 9.67. The number of rotatable bonds is 7. The minimum atomic E-state index is -0.669. The van der Waals surface area contributed by atoms with Crippen LogP contribution >= 0.6 is 0 Å². The lowest BCUT2D eigenvalue weighted by molar-refractivity contribution is 0.0411. The van der Waals surface area contributed by atoms with E-state index in [1.54, 1.807) is 13.8 Å². The first-order valence-corrected chi connectivity index (χ1v) is 6.23. The van der Waals surface area contributed by atoms with Gasteiger partial charge in [0.2, 0.25) is 0 Å². The molecule has 18 heavy (non-hydrogen) atoms. The molecule has 0 spiro atoms. The second-order valence-electron chi connectivity index (χ2n) is 5.25. The molecule has 0 saturated heterocycles. The summed E-state index contributed by atoms with van der Waals surface area (Å²) < 4.78 is 5.63. The Morgan fingerprint density at radius 3 is 2.39 bits per heavy atom. The molecule has 4 nitrogen and oxygen atoms in total. The van der Waals surface area contributed by atoms with Crippen LogP contribution in [0, 0.1) is 0 Å². The maximum absolute atomic E-state index is 9.67. The summed E-state index contributed by atoms with van der Waals surface area (Å²) in [6.45, 7) is 6.17. The van der Waals surface area contributed by atoms with Crippen LogP contribution in [-0.4, -0.2) is 42.4 Å². The van der Waals surface area contributed by atoms with Crippen molar-refractivity contribution in [3.05, 3.63) is 29.8 Å². The molecule has 0 heterocycles. The highest BCUT2D eigenvalue weighted by molar-refractivity contribution is 5.27. The summed E-state index contributed by atoms with van der Waals surface area (Å²) in [5.74, 6) is 0.851. The second-order valence-corrected chi connectivity index (χ2v) is 5.25. The third kappa shape index (κ3) is 6.00. The van der Waals surface area contributed by atoms with Gasteiger partial charge in [0, 0.05) is 19.6 Å². The monoisotopic (exact) mass is 252 g/mol. The summed E-state index contributed by atoms with van der Waals surface area (Å²) in [7, 11) is 1.97. The Bertz CT molecular complexity index is 344. The van der Waals surface area contributed by atoms with Gasteiger partial charge in [-0.15, -0.1) is 0 Å². The Morgan fingerprint density at radius 1 is 1.28 bits per heavy atom. The first kappa shape index (κ1) is 15.0. The zero-order chi connectivity index (χ0) is 13.6. The van der Waals surface area contributed by atoms with Gasteiger partial charge >= 0.3 is 0 Å². The Balaban J connectivity index is 2.28. The van der Waals surface area contributed by atoms with E-state index in [9.17, 15) is 5.11 Å². The van der Waals surface area contributed by atoms with E-state index in [0.29, 0.717) is 19.7 Å². The van der Waals surface area contributed by atoms with Gasteiger partial charge < -0.3 is 20.5 Å². The van der Waals surface area contributed by atoms with Crippen molar-refractivity contribution in [3.8, 4) is 5.75 Å². The van der Waals surface area contributed by atoms with Gasteiger partial charge in [0.25, 0.3) is 0 Å². The van der Waals surface area contributed by atoms with Crippen LogP contribution in [0.3, 0.4) is 0 Å². The number of benzene rings is 1. The van der Waals surface area contributed by atoms with E-state index in [2.05, 4.69) is 0 Å². The maximum atomic E-state index is 9.67.